The van der Waals surface area contributed by atoms with Crippen molar-refractivity contribution in [2.45, 2.75) is 13.5 Å². The van der Waals surface area contributed by atoms with Crippen LogP contribution in [0.5, 0.6) is 0 Å². The van der Waals surface area contributed by atoms with Gasteiger partial charge in [-0.1, -0.05) is 17.7 Å². The van der Waals surface area contributed by atoms with Crippen LogP contribution in [-0.2, 0) is 11.3 Å². The molecule has 0 aliphatic carbocycles. The topological polar surface area (TPSA) is 51.2 Å². The number of rotatable bonds is 3. The van der Waals surface area contributed by atoms with E-state index in [4.69, 9.17) is 16.3 Å². The van der Waals surface area contributed by atoms with Crippen LogP contribution >= 0.6 is 45.7 Å². The average molecular weight is 427 g/mol. The zero-order valence-electron chi connectivity index (χ0n) is 10.2. The van der Waals surface area contributed by atoms with Gasteiger partial charge < -0.3 is 4.74 Å². The first-order valence-corrected chi connectivity index (χ1v) is 7.70. The van der Waals surface area contributed by atoms with E-state index in [1.165, 1.54) is 29.7 Å². The van der Waals surface area contributed by atoms with Gasteiger partial charge in [-0.3, -0.25) is 5.32 Å². The number of aromatic nitrogens is 1. The first-order chi connectivity index (χ1) is 9.47. The lowest BCUT2D eigenvalue weighted by Gasteiger charge is -2.08. The third kappa shape index (κ3) is 3.80. The summed E-state index contributed by atoms with van der Waals surface area (Å²) >= 11 is 9.23. The van der Waals surface area contributed by atoms with Gasteiger partial charge in [-0.25, -0.2) is 9.18 Å². The number of carbonyl (C=O) groups is 1. The molecule has 1 aromatic carbocycles. The van der Waals surface area contributed by atoms with Crippen molar-refractivity contribution in [3.63, 3.8) is 0 Å². The minimum absolute atomic E-state index is 0.0296. The van der Waals surface area contributed by atoms with Crippen molar-refractivity contribution in [1.29, 1.82) is 0 Å². The fraction of sp³-hybridized carbons (Fsp3) is 0.167. The van der Waals surface area contributed by atoms with Crippen LogP contribution in [0.4, 0.5) is 14.9 Å². The van der Waals surface area contributed by atoms with Gasteiger partial charge in [0.15, 0.2) is 0 Å². The molecule has 0 unspecified atom stereocenters. The second kappa shape index (κ2) is 6.68. The lowest BCUT2D eigenvalue weighted by molar-refractivity contribution is 0.155. The predicted molar refractivity (Wildman–Crippen MR) is 84.8 cm³/mol. The molecule has 0 aliphatic rings. The van der Waals surface area contributed by atoms with Crippen LogP contribution in [0.1, 0.15) is 11.3 Å². The number of benzene rings is 1. The molecule has 0 radical (unpaired) electrons. The van der Waals surface area contributed by atoms with Crippen molar-refractivity contribution in [3.8, 4) is 0 Å². The van der Waals surface area contributed by atoms with Crippen molar-refractivity contribution in [1.82, 2.24) is 4.37 Å². The molecule has 0 bridgehead atoms. The minimum Gasteiger partial charge on any atom is -0.444 e. The van der Waals surface area contributed by atoms with Crippen molar-refractivity contribution in [2.24, 2.45) is 0 Å². The van der Waals surface area contributed by atoms with E-state index in [2.05, 4.69) is 32.3 Å². The first kappa shape index (κ1) is 15.5. The largest absolute Gasteiger partial charge is 0.444 e. The van der Waals surface area contributed by atoms with E-state index in [0.29, 0.717) is 11.3 Å². The van der Waals surface area contributed by atoms with Gasteiger partial charge in [-0.2, -0.15) is 4.37 Å². The quantitative estimate of drug-likeness (QED) is 0.730. The van der Waals surface area contributed by atoms with Gasteiger partial charge in [0.05, 0.1) is 16.4 Å². The van der Waals surface area contributed by atoms with Crippen LogP contribution in [0.25, 0.3) is 0 Å². The summed E-state index contributed by atoms with van der Waals surface area (Å²) in [6.07, 6.45) is -0.605. The van der Waals surface area contributed by atoms with Gasteiger partial charge in [0.2, 0.25) is 0 Å². The fourth-order valence-corrected chi connectivity index (χ4v) is 3.04. The van der Waals surface area contributed by atoms with Gasteiger partial charge >= 0.3 is 6.09 Å². The maximum absolute atomic E-state index is 12.9. The maximum atomic E-state index is 12.9. The van der Waals surface area contributed by atoms with E-state index in [1.807, 2.05) is 0 Å². The molecule has 0 aliphatic heterocycles. The Morgan fingerprint density at radius 3 is 2.95 bits per heavy atom. The summed E-state index contributed by atoms with van der Waals surface area (Å²) in [7, 11) is 0. The molecule has 106 valence electrons. The zero-order chi connectivity index (χ0) is 14.7. The molecule has 4 nitrogen and oxygen atoms in total. The number of nitrogens with one attached hydrogen (secondary N) is 1. The van der Waals surface area contributed by atoms with E-state index in [9.17, 15) is 9.18 Å². The average Bonchev–Trinajstić information content (AvgIpc) is 2.69. The standard InChI is InChI=1S/C12H9ClFIN2O2S/c1-6-10(11(15)20-17-6)16-12(18)19-5-7-2-3-8(14)4-9(7)13/h2-4H,5H2,1H3,(H,16,18). The van der Waals surface area contributed by atoms with Gasteiger partial charge in [0.25, 0.3) is 0 Å². The minimum atomic E-state index is -0.605. The molecule has 1 N–H and O–H groups in total. The number of aryl methyl sites for hydroxylation is 1. The summed E-state index contributed by atoms with van der Waals surface area (Å²) in [5, 5.41) is 2.84. The van der Waals surface area contributed by atoms with Crippen LogP contribution < -0.4 is 5.32 Å². The predicted octanol–water partition coefficient (Wildman–Crippen LogP) is 4.60. The fourth-order valence-electron chi connectivity index (χ4n) is 1.40. The summed E-state index contributed by atoms with van der Waals surface area (Å²) in [6.45, 7) is 1.77. The van der Waals surface area contributed by atoms with Gasteiger partial charge in [-0.15, -0.1) is 0 Å². The highest BCUT2D eigenvalue weighted by atomic mass is 127. The molecule has 0 saturated heterocycles. The molecule has 20 heavy (non-hydrogen) atoms. The number of anilines is 1. The highest BCUT2D eigenvalue weighted by Gasteiger charge is 2.13. The van der Waals surface area contributed by atoms with Crippen molar-refractivity contribution >= 4 is 57.5 Å². The smallest absolute Gasteiger partial charge is 0.412 e. The van der Waals surface area contributed by atoms with Crippen LogP contribution in [0.2, 0.25) is 5.02 Å². The molecule has 1 heterocycles. The summed E-state index contributed by atoms with van der Waals surface area (Å²) < 4.78 is 22.9. The van der Waals surface area contributed by atoms with Crippen molar-refractivity contribution < 1.29 is 13.9 Å². The second-order valence-electron chi connectivity index (χ2n) is 3.85. The Kier molecular flexibility index (Phi) is 5.17. The lowest BCUT2D eigenvalue weighted by Crippen LogP contribution is -2.14. The molecule has 2 aromatic rings. The maximum Gasteiger partial charge on any atom is 0.412 e. The van der Waals surface area contributed by atoms with Gasteiger partial charge in [0.1, 0.15) is 15.3 Å². The molecule has 0 saturated carbocycles. The SMILES string of the molecule is Cc1nsc(I)c1NC(=O)OCc1ccc(F)cc1Cl. The Bertz CT molecular complexity index is 631. The van der Waals surface area contributed by atoms with Crippen LogP contribution in [-0.4, -0.2) is 10.5 Å². The zero-order valence-corrected chi connectivity index (χ0v) is 14.0. The van der Waals surface area contributed by atoms with Gasteiger partial charge in [-0.05, 0) is 53.2 Å². The number of amides is 1. The Morgan fingerprint density at radius 2 is 2.35 bits per heavy atom. The van der Waals surface area contributed by atoms with Crippen LogP contribution in [0.15, 0.2) is 18.2 Å². The lowest BCUT2D eigenvalue weighted by atomic mass is 10.2. The summed E-state index contributed by atoms with van der Waals surface area (Å²) in [5.41, 5.74) is 1.92. The van der Waals surface area contributed by atoms with E-state index in [-0.39, 0.29) is 11.6 Å². The Balaban J connectivity index is 1.96. The number of carbonyl (C=O) groups excluding carboxylic acids is 1. The highest BCUT2D eigenvalue weighted by molar-refractivity contribution is 14.1. The number of ether oxygens (including phenoxy) is 1. The summed E-state index contributed by atoms with van der Waals surface area (Å²) in [6, 6.07) is 3.92. The number of hydrogen-bond acceptors (Lipinski definition) is 4. The van der Waals surface area contributed by atoms with Crippen LogP contribution in [0, 0.1) is 15.6 Å². The van der Waals surface area contributed by atoms with E-state index >= 15 is 0 Å². The Hall–Kier alpha value is -0.930. The number of hydrogen-bond donors (Lipinski definition) is 1. The van der Waals surface area contributed by atoms with Crippen molar-refractivity contribution in [3.05, 3.63) is 43.2 Å². The molecule has 8 heteroatoms. The first-order valence-electron chi connectivity index (χ1n) is 5.47. The summed E-state index contributed by atoms with van der Waals surface area (Å²) in [5.74, 6) is -0.433. The monoisotopic (exact) mass is 426 g/mol. The van der Waals surface area contributed by atoms with Crippen LogP contribution in [0.3, 0.4) is 0 Å². The second-order valence-corrected chi connectivity index (χ2v) is 6.84. The molecular weight excluding hydrogens is 418 g/mol. The number of halogens is 3. The van der Waals surface area contributed by atoms with Crippen molar-refractivity contribution in [2.75, 3.05) is 5.32 Å². The molecule has 0 atom stereocenters. The van der Waals surface area contributed by atoms with E-state index in [1.54, 1.807) is 6.92 Å². The Labute approximate surface area is 137 Å². The molecule has 0 fully saturated rings. The molecule has 0 spiro atoms. The van der Waals surface area contributed by atoms with E-state index in [0.717, 1.165) is 8.58 Å². The van der Waals surface area contributed by atoms with Gasteiger partial charge in [0, 0.05) is 5.56 Å². The third-order valence-electron chi connectivity index (χ3n) is 2.42. The number of nitrogens with zero attached hydrogens (tertiary/aromatic N) is 1. The molecule has 1 aromatic heterocycles. The highest BCUT2D eigenvalue weighted by Crippen LogP contribution is 2.26. The van der Waals surface area contributed by atoms with E-state index < -0.39 is 11.9 Å². The summed E-state index contributed by atoms with van der Waals surface area (Å²) in [4.78, 5) is 11.7. The third-order valence-corrected chi connectivity index (χ3v) is 4.63. The normalized spacial score (nSPS) is 10.4. The Morgan fingerprint density at radius 1 is 1.60 bits per heavy atom. The molecular formula is C12H9ClFIN2O2S. The molecule has 2 rings (SSSR count). The molecule has 1 amide bonds.